The van der Waals surface area contributed by atoms with Crippen molar-refractivity contribution in [1.82, 2.24) is 15.2 Å². The molecule has 1 aliphatic rings. The molecule has 0 aromatic carbocycles. The molecule has 2 rings (SSSR count). The molecule has 1 fully saturated rings. The Labute approximate surface area is 121 Å². The average molecular weight is 281 g/mol. The molecule has 0 spiro atoms. The van der Waals surface area contributed by atoms with Gasteiger partial charge < -0.3 is 5.32 Å². The quantitative estimate of drug-likeness (QED) is 0.896. The maximum atomic E-state index is 4.76. The van der Waals surface area contributed by atoms with E-state index in [1.54, 1.807) is 11.3 Å². The van der Waals surface area contributed by atoms with Crippen molar-refractivity contribution in [2.45, 2.75) is 71.6 Å². The van der Waals surface area contributed by atoms with E-state index in [2.05, 4.69) is 36.4 Å². The predicted molar refractivity (Wildman–Crippen MR) is 82.4 cm³/mol. The zero-order valence-electron chi connectivity index (χ0n) is 12.5. The van der Waals surface area contributed by atoms with Crippen molar-refractivity contribution in [3.63, 3.8) is 0 Å². The normalized spacial score (nSPS) is 21.8. The molecular formula is C15H27N3S. The minimum Gasteiger partial charge on any atom is -0.308 e. The van der Waals surface area contributed by atoms with E-state index < -0.39 is 0 Å². The molecule has 4 heteroatoms. The van der Waals surface area contributed by atoms with Gasteiger partial charge in [0.15, 0.2) is 0 Å². The molecule has 1 aromatic heterocycles. The fourth-order valence-electron chi connectivity index (χ4n) is 2.57. The third kappa shape index (κ3) is 4.86. The van der Waals surface area contributed by atoms with Crippen LogP contribution in [0.5, 0.6) is 0 Å². The molecule has 1 atom stereocenters. The summed E-state index contributed by atoms with van der Waals surface area (Å²) in [5.74, 6) is 0. The molecule has 3 nitrogen and oxygen atoms in total. The van der Waals surface area contributed by atoms with Crippen LogP contribution in [0.25, 0.3) is 0 Å². The Morgan fingerprint density at radius 3 is 3.05 bits per heavy atom. The van der Waals surface area contributed by atoms with Gasteiger partial charge in [0, 0.05) is 30.6 Å². The fourth-order valence-corrected chi connectivity index (χ4v) is 3.31. The second kappa shape index (κ2) is 7.36. The molecule has 0 radical (unpaired) electrons. The highest BCUT2D eigenvalue weighted by Gasteiger charge is 2.17. The van der Waals surface area contributed by atoms with E-state index in [0.29, 0.717) is 12.1 Å². The van der Waals surface area contributed by atoms with Crippen LogP contribution in [0.15, 0.2) is 5.38 Å². The maximum absolute atomic E-state index is 4.76. The first-order valence-corrected chi connectivity index (χ1v) is 8.44. The molecule has 0 amide bonds. The lowest BCUT2D eigenvalue weighted by molar-refractivity contribution is 0.203. The minimum absolute atomic E-state index is 0.526. The Kier molecular flexibility index (Phi) is 5.79. The lowest BCUT2D eigenvalue weighted by Gasteiger charge is -2.25. The van der Waals surface area contributed by atoms with Gasteiger partial charge in [0.1, 0.15) is 5.01 Å². The number of thiazole rings is 1. The zero-order valence-corrected chi connectivity index (χ0v) is 13.3. The zero-order chi connectivity index (χ0) is 13.7. The number of hydrogen-bond donors (Lipinski definition) is 1. The van der Waals surface area contributed by atoms with Gasteiger partial charge in [0.05, 0.1) is 5.69 Å². The number of nitrogens with zero attached hydrogens (tertiary/aromatic N) is 2. The Morgan fingerprint density at radius 1 is 1.42 bits per heavy atom. The third-order valence-corrected chi connectivity index (χ3v) is 4.71. The Morgan fingerprint density at radius 2 is 2.26 bits per heavy atom. The molecule has 1 aliphatic heterocycles. The van der Waals surface area contributed by atoms with Crippen LogP contribution < -0.4 is 5.32 Å². The summed E-state index contributed by atoms with van der Waals surface area (Å²) >= 11 is 1.79. The first kappa shape index (κ1) is 14.9. The summed E-state index contributed by atoms with van der Waals surface area (Å²) in [5.41, 5.74) is 1.25. The van der Waals surface area contributed by atoms with E-state index in [4.69, 9.17) is 4.98 Å². The number of rotatable bonds is 5. The first-order valence-electron chi connectivity index (χ1n) is 7.56. The molecule has 0 aliphatic carbocycles. The van der Waals surface area contributed by atoms with E-state index in [1.807, 2.05) is 0 Å². The Balaban J connectivity index is 1.87. The van der Waals surface area contributed by atoms with Gasteiger partial charge in [-0.05, 0) is 26.3 Å². The van der Waals surface area contributed by atoms with E-state index in [-0.39, 0.29) is 0 Å². The van der Waals surface area contributed by atoms with Gasteiger partial charge in [-0.3, -0.25) is 4.90 Å². The highest BCUT2D eigenvalue weighted by molar-refractivity contribution is 7.09. The van der Waals surface area contributed by atoms with Gasteiger partial charge in [-0.15, -0.1) is 11.3 Å². The Hall–Kier alpha value is -0.450. The molecule has 1 aromatic rings. The highest BCUT2D eigenvalue weighted by atomic mass is 32.1. The highest BCUT2D eigenvalue weighted by Crippen LogP contribution is 2.19. The average Bonchev–Trinajstić information content (AvgIpc) is 2.72. The lowest BCUT2D eigenvalue weighted by Crippen LogP contribution is -2.32. The van der Waals surface area contributed by atoms with Crippen LogP contribution in [0.4, 0.5) is 0 Å². The van der Waals surface area contributed by atoms with Crippen LogP contribution in [0, 0.1) is 0 Å². The molecule has 1 N–H and O–H groups in total. The summed E-state index contributed by atoms with van der Waals surface area (Å²) in [6.45, 7) is 9.87. The van der Waals surface area contributed by atoms with Crippen LogP contribution in [-0.4, -0.2) is 28.5 Å². The molecule has 2 heterocycles. The standard InChI is InChI=1S/C15H27N3S/c1-12(2)16-9-15-17-14(11-19-15)10-18-8-6-4-5-7-13(18)3/h11-13,16H,4-10H2,1-3H3. The van der Waals surface area contributed by atoms with Crippen LogP contribution in [0.2, 0.25) is 0 Å². The molecule has 0 saturated carbocycles. The van der Waals surface area contributed by atoms with Crippen LogP contribution in [0.1, 0.15) is 57.2 Å². The van der Waals surface area contributed by atoms with Crippen molar-refractivity contribution in [1.29, 1.82) is 0 Å². The molecular weight excluding hydrogens is 254 g/mol. The van der Waals surface area contributed by atoms with Crippen LogP contribution in [-0.2, 0) is 13.1 Å². The fraction of sp³-hybridized carbons (Fsp3) is 0.800. The van der Waals surface area contributed by atoms with Gasteiger partial charge in [-0.1, -0.05) is 26.7 Å². The summed E-state index contributed by atoms with van der Waals surface area (Å²) in [6.07, 6.45) is 5.46. The lowest BCUT2D eigenvalue weighted by atomic mass is 10.1. The summed E-state index contributed by atoms with van der Waals surface area (Å²) in [7, 11) is 0. The van der Waals surface area contributed by atoms with Gasteiger partial charge in [0.2, 0.25) is 0 Å². The largest absolute Gasteiger partial charge is 0.308 e. The van der Waals surface area contributed by atoms with Gasteiger partial charge in [-0.25, -0.2) is 4.98 Å². The number of nitrogens with one attached hydrogen (secondary N) is 1. The summed E-state index contributed by atoms with van der Waals surface area (Å²) in [6, 6.07) is 1.24. The smallest absolute Gasteiger partial charge is 0.107 e. The van der Waals surface area contributed by atoms with Crippen molar-refractivity contribution in [2.75, 3.05) is 6.54 Å². The van der Waals surface area contributed by atoms with E-state index >= 15 is 0 Å². The van der Waals surface area contributed by atoms with Gasteiger partial charge in [0.25, 0.3) is 0 Å². The Bertz CT molecular complexity index is 375. The van der Waals surface area contributed by atoms with Crippen molar-refractivity contribution >= 4 is 11.3 Å². The number of likely N-dealkylation sites (tertiary alicyclic amines) is 1. The van der Waals surface area contributed by atoms with Crippen molar-refractivity contribution in [3.8, 4) is 0 Å². The van der Waals surface area contributed by atoms with Gasteiger partial charge in [-0.2, -0.15) is 0 Å². The molecule has 0 bridgehead atoms. The maximum Gasteiger partial charge on any atom is 0.107 e. The van der Waals surface area contributed by atoms with Crippen molar-refractivity contribution in [2.24, 2.45) is 0 Å². The van der Waals surface area contributed by atoms with Crippen molar-refractivity contribution in [3.05, 3.63) is 16.1 Å². The summed E-state index contributed by atoms with van der Waals surface area (Å²) in [4.78, 5) is 7.35. The van der Waals surface area contributed by atoms with E-state index in [9.17, 15) is 0 Å². The molecule has 1 saturated heterocycles. The monoisotopic (exact) mass is 281 g/mol. The van der Waals surface area contributed by atoms with E-state index in [0.717, 1.165) is 13.1 Å². The topological polar surface area (TPSA) is 28.2 Å². The van der Waals surface area contributed by atoms with Gasteiger partial charge >= 0.3 is 0 Å². The molecule has 1 unspecified atom stereocenters. The van der Waals surface area contributed by atoms with Crippen LogP contribution in [0.3, 0.4) is 0 Å². The third-order valence-electron chi connectivity index (χ3n) is 3.82. The minimum atomic E-state index is 0.526. The summed E-state index contributed by atoms with van der Waals surface area (Å²) < 4.78 is 0. The second-order valence-electron chi connectivity index (χ2n) is 5.94. The second-order valence-corrected chi connectivity index (χ2v) is 6.88. The number of aromatic nitrogens is 1. The van der Waals surface area contributed by atoms with Crippen molar-refractivity contribution < 1.29 is 0 Å². The molecule has 19 heavy (non-hydrogen) atoms. The summed E-state index contributed by atoms with van der Waals surface area (Å²) in [5, 5.41) is 6.88. The first-order chi connectivity index (χ1) is 9.15. The predicted octanol–water partition coefficient (Wildman–Crippen LogP) is 3.41. The van der Waals surface area contributed by atoms with Crippen LogP contribution >= 0.6 is 11.3 Å². The molecule has 108 valence electrons. The number of hydrogen-bond acceptors (Lipinski definition) is 4. The SMILES string of the molecule is CC(C)NCc1nc(CN2CCCCCC2C)cs1. The van der Waals surface area contributed by atoms with E-state index in [1.165, 1.54) is 42.9 Å².